The number of halogens is 2. The van der Waals surface area contributed by atoms with Gasteiger partial charge in [0.25, 0.3) is 0 Å². The SMILES string of the molecule is COc1ccc(CNC(=O)CN(Cc2ccc(Cl)cc2Cl)S(=O)(=O)c2ccccc2)cc1OC. The molecule has 0 fully saturated rings. The van der Waals surface area contributed by atoms with E-state index in [1.807, 2.05) is 0 Å². The van der Waals surface area contributed by atoms with E-state index in [9.17, 15) is 13.2 Å². The number of amides is 1. The van der Waals surface area contributed by atoms with E-state index < -0.39 is 22.5 Å². The Morgan fingerprint density at radius 3 is 2.29 bits per heavy atom. The van der Waals surface area contributed by atoms with Gasteiger partial charge in [-0.15, -0.1) is 0 Å². The van der Waals surface area contributed by atoms with Crippen LogP contribution in [0.2, 0.25) is 10.0 Å². The van der Waals surface area contributed by atoms with Crippen LogP contribution in [0.15, 0.2) is 71.6 Å². The fourth-order valence-corrected chi connectivity index (χ4v) is 5.08. The molecule has 1 amide bonds. The van der Waals surface area contributed by atoms with Gasteiger partial charge < -0.3 is 14.8 Å². The van der Waals surface area contributed by atoms with Gasteiger partial charge in [0.15, 0.2) is 11.5 Å². The molecule has 0 aromatic heterocycles. The molecule has 0 atom stereocenters. The van der Waals surface area contributed by atoms with E-state index in [4.69, 9.17) is 32.7 Å². The maximum absolute atomic E-state index is 13.3. The highest BCUT2D eigenvalue weighted by Crippen LogP contribution is 2.28. The summed E-state index contributed by atoms with van der Waals surface area (Å²) in [5.74, 6) is 0.622. The molecule has 0 saturated carbocycles. The first-order valence-electron chi connectivity index (χ1n) is 10.2. The molecule has 0 heterocycles. The first kappa shape index (κ1) is 25.8. The third kappa shape index (κ3) is 6.42. The average molecular weight is 523 g/mol. The fourth-order valence-electron chi connectivity index (χ4n) is 3.21. The van der Waals surface area contributed by atoms with Crippen LogP contribution in [-0.2, 0) is 27.9 Å². The maximum atomic E-state index is 13.3. The van der Waals surface area contributed by atoms with Crippen molar-refractivity contribution in [2.75, 3.05) is 20.8 Å². The summed E-state index contributed by atoms with van der Waals surface area (Å²) >= 11 is 12.2. The second kappa shape index (κ2) is 11.6. The summed E-state index contributed by atoms with van der Waals surface area (Å²) < 4.78 is 38.2. The third-order valence-corrected chi connectivity index (χ3v) is 7.39. The lowest BCUT2D eigenvalue weighted by Gasteiger charge is -2.22. The van der Waals surface area contributed by atoms with Crippen LogP contribution in [0.4, 0.5) is 0 Å². The van der Waals surface area contributed by atoms with Crippen LogP contribution in [0.1, 0.15) is 11.1 Å². The van der Waals surface area contributed by atoms with Crippen molar-refractivity contribution in [2.24, 2.45) is 0 Å². The normalized spacial score (nSPS) is 11.3. The number of hydrogen-bond donors (Lipinski definition) is 1. The minimum Gasteiger partial charge on any atom is -0.493 e. The zero-order valence-electron chi connectivity index (χ0n) is 18.6. The van der Waals surface area contributed by atoms with Crippen LogP contribution in [0, 0.1) is 0 Å². The van der Waals surface area contributed by atoms with Crippen molar-refractivity contribution < 1.29 is 22.7 Å². The number of ether oxygens (including phenoxy) is 2. The van der Waals surface area contributed by atoms with Crippen molar-refractivity contribution in [3.8, 4) is 11.5 Å². The van der Waals surface area contributed by atoms with Gasteiger partial charge in [-0.3, -0.25) is 4.79 Å². The van der Waals surface area contributed by atoms with Gasteiger partial charge in [-0.05, 0) is 47.5 Å². The van der Waals surface area contributed by atoms with Gasteiger partial charge in [-0.1, -0.05) is 53.5 Å². The molecule has 10 heteroatoms. The highest BCUT2D eigenvalue weighted by atomic mass is 35.5. The van der Waals surface area contributed by atoms with Gasteiger partial charge in [-0.25, -0.2) is 8.42 Å². The Morgan fingerprint density at radius 2 is 1.65 bits per heavy atom. The number of carbonyl (C=O) groups is 1. The van der Waals surface area contributed by atoms with Crippen LogP contribution in [-0.4, -0.2) is 39.4 Å². The largest absolute Gasteiger partial charge is 0.493 e. The van der Waals surface area contributed by atoms with E-state index in [1.54, 1.807) is 48.5 Å². The quantitative estimate of drug-likeness (QED) is 0.423. The number of carbonyl (C=O) groups excluding carboxylic acids is 1. The summed E-state index contributed by atoms with van der Waals surface area (Å²) in [6.07, 6.45) is 0. The number of hydrogen-bond acceptors (Lipinski definition) is 5. The zero-order chi connectivity index (χ0) is 24.7. The van der Waals surface area contributed by atoms with Crippen LogP contribution in [0.3, 0.4) is 0 Å². The molecule has 0 saturated heterocycles. The molecule has 3 aromatic rings. The van der Waals surface area contributed by atoms with Gasteiger partial charge in [0, 0.05) is 23.1 Å². The number of methoxy groups -OCH3 is 2. The fraction of sp³-hybridized carbons (Fsp3) is 0.208. The van der Waals surface area contributed by atoms with Crippen LogP contribution in [0.25, 0.3) is 0 Å². The van der Waals surface area contributed by atoms with Gasteiger partial charge in [0.2, 0.25) is 15.9 Å². The number of rotatable bonds is 10. The molecule has 0 radical (unpaired) electrons. The molecular weight excluding hydrogens is 499 g/mol. The molecule has 3 aromatic carbocycles. The highest BCUT2D eigenvalue weighted by Gasteiger charge is 2.27. The van der Waals surface area contributed by atoms with Gasteiger partial charge in [0.05, 0.1) is 25.7 Å². The smallest absolute Gasteiger partial charge is 0.243 e. The second-order valence-electron chi connectivity index (χ2n) is 7.29. The molecule has 1 N–H and O–H groups in total. The summed E-state index contributed by atoms with van der Waals surface area (Å²) in [7, 11) is -0.922. The Hall–Kier alpha value is -2.78. The summed E-state index contributed by atoms with van der Waals surface area (Å²) in [5.41, 5.74) is 1.29. The van der Waals surface area contributed by atoms with Crippen molar-refractivity contribution >= 4 is 39.1 Å². The van der Waals surface area contributed by atoms with Gasteiger partial charge in [0.1, 0.15) is 0 Å². The Bertz CT molecular complexity index is 1250. The first-order valence-corrected chi connectivity index (χ1v) is 12.4. The second-order valence-corrected chi connectivity index (χ2v) is 10.1. The number of nitrogens with one attached hydrogen (secondary N) is 1. The molecule has 34 heavy (non-hydrogen) atoms. The van der Waals surface area contributed by atoms with E-state index in [1.165, 1.54) is 32.4 Å². The molecule has 7 nitrogen and oxygen atoms in total. The Morgan fingerprint density at radius 1 is 0.941 bits per heavy atom. The average Bonchev–Trinajstić information content (AvgIpc) is 2.84. The van der Waals surface area contributed by atoms with Gasteiger partial charge in [-0.2, -0.15) is 4.31 Å². The maximum Gasteiger partial charge on any atom is 0.243 e. The molecular formula is C24H24Cl2N2O5S. The predicted molar refractivity (Wildman–Crippen MR) is 132 cm³/mol. The minimum atomic E-state index is -3.98. The topological polar surface area (TPSA) is 84.9 Å². The van der Waals surface area contributed by atoms with Crippen molar-refractivity contribution in [3.05, 3.63) is 87.9 Å². The Labute approximate surface area is 209 Å². The van der Waals surface area contributed by atoms with E-state index >= 15 is 0 Å². The van der Waals surface area contributed by atoms with Crippen LogP contribution >= 0.6 is 23.2 Å². The number of sulfonamides is 1. The van der Waals surface area contributed by atoms with Crippen LogP contribution < -0.4 is 14.8 Å². The van der Waals surface area contributed by atoms with Crippen molar-refractivity contribution in [2.45, 2.75) is 18.0 Å². The summed E-state index contributed by atoms with van der Waals surface area (Å²) in [5, 5.41) is 3.50. The van der Waals surface area contributed by atoms with E-state index in [0.29, 0.717) is 27.1 Å². The zero-order valence-corrected chi connectivity index (χ0v) is 21.0. The standard InChI is InChI=1S/C24H24Cl2N2O5S/c1-32-22-11-8-17(12-23(22)33-2)14-27-24(29)16-28(15-18-9-10-19(25)13-21(18)26)34(30,31)20-6-4-3-5-7-20/h3-13H,14-16H2,1-2H3,(H,27,29). The monoisotopic (exact) mass is 522 g/mol. The van der Waals surface area contributed by atoms with E-state index in [2.05, 4.69) is 5.32 Å². The van der Waals surface area contributed by atoms with Crippen molar-refractivity contribution in [1.29, 1.82) is 0 Å². The molecule has 0 spiro atoms. The lowest BCUT2D eigenvalue weighted by molar-refractivity contribution is -0.121. The third-order valence-electron chi connectivity index (χ3n) is 5.00. The predicted octanol–water partition coefficient (Wildman–Crippen LogP) is 4.52. The molecule has 0 aliphatic carbocycles. The lowest BCUT2D eigenvalue weighted by Crippen LogP contribution is -2.40. The minimum absolute atomic E-state index is 0.0766. The molecule has 0 aliphatic heterocycles. The van der Waals surface area contributed by atoms with E-state index in [0.717, 1.165) is 9.87 Å². The summed E-state index contributed by atoms with van der Waals surface area (Å²) in [4.78, 5) is 12.9. The summed E-state index contributed by atoms with van der Waals surface area (Å²) in [6.45, 7) is -0.319. The molecule has 0 bridgehead atoms. The molecule has 3 rings (SSSR count). The Balaban J connectivity index is 1.80. The molecule has 0 unspecified atom stereocenters. The first-order chi connectivity index (χ1) is 16.2. The summed E-state index contributed by atoms with van der Waals surface area (Å²) in [6, 6.07) is 18.0. The number of benzene rings is 3. The van der Waals surface area contributed by atoms with Crippen molar-refractivity contribution in [1.82, 2.24) is 9.62 Å². The highest BCUT2D eigenvalue weighted by molar-refractivity contribution is 7.89. The Kier molecular flexibility index (Phi) is 8.79. The lowest BCUT2D eigenvalue weighted by atomic mass is 10.2. The van der Waals surface area contributed by atoms with Crippen molar-refractivity contribution in [3.63, 3.8) is 0 Å². The van der Waals surface area contributed by atoms with Crippen LogP contribution in [0.5, 0.6) is 11.5 Å². The number of nitrogens with zero attached hydrogens (tertiary/aromatic N) is 1. The molecule has 0 aliphatic rings. The van der Waals surface area contributed by atoms with Gasteiger partial charge >= 0.3 is 0 Å². The molecule has 180 valence electrons. The van der Waals surface area contributed by atoms with E-state index in [-0.39, 0.29) is 18.0 Å².